The van der Waals surface area contributed by atoms with Gasteiger partial charge in [-0.3, -0.25) is 9.59 Å². The molecule has 228 valence electrons. The Balaban J connectivity index is 1.18. The maximum absolute atomic E-state index is 12.7. The van der Waals surface area contributed by atoms with Gasteiger partial charge in [-0.15, -0.1) is 11.3 Å². The Kier molecular flexibility index (Phi) is 10.6. The average Bonchev–Trinajstić information content (AvgIpc) is 3.51. The Morgan fingerprint density at radius 2 is 1.73 bits per heavy atom. The van der Waals surface area contributed by atoms with Crippen LogP contribution in [0, 0.1) is 6.92 Å². The molecule has 11 heteroatoms. The van der Waals surface area contributed by atoms with E-state index in [0.717, 1.165) is 33.3 Å². The number of anilines is 3. The van der Waals surface area contributed by atoms with Crippen LogP contribution >= 0.6 is 27.3 Å². The quantitative estimate of drug-likeness (QED) is 0.0913. The molecule has 1 heterocycles. The molecule has 0 saturated carbocycles. The summed E-state index contributed by atoms with van der Waals surface area (Å²) in [5, 5.41) is 13.0. The van der Waals surface area contributed by atoms with Crippen molar-refractivity contribution < 1.29 is 19.1 Å². The molecule has 0 aliphatic heterocycles. The molecule has 0 aliphatic rings. The average molecular weight is 685 g/mol. The first kappa shape index (κ1) is 31.4. The van der Waals surface area contributed by atoms with Crippen LogP contribution in [-0.2, 0) is 4.79 Å². The highest BCUT2D eigenvalue weighted by Gasteiger charge is 2.15. The number of rotatable bonds is 12. The van der Waals surface area contributed by atoms with Crippen molar-refractivity contribution in [3.05, 3.63) is 118 Å². The van der Waals surface area contributed by atoms with Crippen molar-refractivity contribution in [3.63, 3.8) is 0 Å². The molecule has 0 saturated heterocycles. The molecule has 3 N–H and O–H groups in total. The van der Waals surface area contributed by atoms with Crippen LogP contribution in [0.2, 0.25) is 0 Å². The molecular weight excluding hydrogens is 654 g/mol. The molecule has 9 nitrogen and oxygen atoms in total. The predicted octanol–water partition coefficient (Wildman–Crippen LogP) is 7.80. The second kappa shape index (κ2) is 15.1. The Morgan fingerprint density at radius 3 is 2.49 bits per heavy atom. The Hall–Kier alpha value is -5.00. The zero-order valence-corrected chi connectivity index (χ0v) is 26.9. The summed E-state index contributed by atoms with van der Waals surface area (Å²) in [7, 11) is 0. The van der Waals surface area contributed by atoms with Crippen LogP contribution < -0.4 is 25.5 Å². The largest absolute Gasteiger partial charge is 0.490 e. The molecule has 0 aliphatic carbocycles. The lowest BCUT2D eigenvalue weighted by Gasteiger charge is -2.15. The number of aromatic nitrogens is 1. The molecule has 0 atom stereocenters. The molecule has 5 aromatic rings. The van der Waals surface area contributed by atoms with E-state index in [-0.39, 0.29) is 18.4 Å². The van der Waals surface area contributed by atoms with Gasteiger partial charge in [0.15, 0.2) is 23.2 Å². The van der Waals surface area contributed by atoms with Gasteiger partial charge >= 0.3 is 0 Å². The van der Waals surface area contributed by atoms with Crippen molar-refractivity contribution in [2.75, 3.05) is 23.8 Å². The number of carbonyl (C=O) groups is 2. The molecule has 45 heavy (non-hydrogen) atoms. The number of halogens is 1. The number of aryl methyl sites for hydroxylation is 1. The maximum Gasteiger partial charge on any atom is 0.271 e. The zero-order valence-electron chi connectivity index (χ0n) is 24.5. The van der Waals surface area contributed by atoms with Crippen molar-refractivity contribution in [2.24, 2.45) is 5.10 Å². The second-order valence-electron chi connectivity index (χ2n) is 9.72. The van der Waals surface area contributed by atoms with Gasteiger partial charge in [0.25, 0.3) is 11.8 Å². The Morgan fingerprint density at radius 1 is 0.978 bits per heavy atom. The lowest BCUT2D eigenvalue weighted by Crippen LogP contribution is -2.21. The summed E-state index contributed by atoms with van der Waals surface area (Å²) in [5.41, 5.74) is 8.03. The van der Waals surface area contributed by atoms with Crippen LogP contribution in [0.5, 0.6) is 11.5 Å². The number of ether oxygens (including phenoxy) is 2. The fourth-order valence-electron chi connectivity index (χ4n) is 4.23. The zero-order chi connectivity index (χ0) is 31.6. The molecular formula is C34H30BrN5O4S. The first-order valence-electron chi connectivity index (χ1n) is 14.1. The molecule has 5 rings (SSSR count). The number of nitrogens with zero attached hydrogens (tertiary/aromatic N) is 2. The van der Waals surface area contributed by atoms with E-state index in [2.05, 4.69) is 42.1 Å². The number of hydrogen-bond acceptors (Lipinski definition) is 8. The van der Waals surface area contributed by atoms with Gasteiger partial charge in [0.05, 0.1) is 23.0 Å². The van der Waals surface area contributed by atoms with Crippen molar-refractivity contribution in [1.29, 1.82) is 0 Å². The molecule has 1 aromatic heterocycles. The van der Waals surface area contributed by atoms with Crippen LogP contribution in [0.15, 0.2) is 106 Å². The summed E-state index contributed by atoms with van der Waals surface area (Å²) < 4.78 is 12.1. The van der Waals surface area contributed by atoms with Crippen LogP contribution in [-0.4, -0.2) is 36.2 Å². The van der Waals surface area contributed by atoms with Crippen molar-refractivity contribution in [1.82, 2.24) is 10.4 Å². The fourth-order valence-corrected chi connectivity index (χ4v) is 5.55. The van der Waals surface area contributed by atoms with E-state index in [0.29, 0.717) is 33.7 Å². The van der Waals surface area contributed by atoms with Gasteiger partial charge < -0.3 is 20.1 Å². The van der Waals surface area contributed by atoms with Gasteiger partial charge in [0.1, 0.15) is 0 Å². The molecule has 0 radical (unpaired) electrons. The Bertz CT molecular complexity index is 1810. The molecule has 0 spiro atoms. The summed E-state index contributed by atoms with van der Waals surface area (Å²) in [6.45, 7) is 3.95. The summed E-state index contributed by atoms with van der Waals surface area (Å²) in [6.07, 6.45) is 1.50. The number of hydrogen-bond donors (Lipinski definition) is 3. The van der Waals surface area contributed by atoms with E-state index in [1.54, 1.807) is 24.3 Å². The van der Waals surface area contributed by atoms with Crippen LogP contribution in [0.25, 0.3) is 11.3 Å². The SMILES string of the molecule is CCOc1cc(/C=N/NC(=O)c2ccc(-c3csc(Nc4ccccc4)n3)cc2)cc(Br)c1OCC(=O)Nc1ccccc1C. The maximum atomic E-state index is 12.7. The van der Waals surface area contributed by atoms with Gasteiger partial charge in [-0.1, -0.05) is 48.5 Å². The van der Waals surface area contributed by atoms with E-state index in [9.17, 15) is 9.59 Å². The standard InChI is InChI=1S/C34H30BrN5O4S/c1-3-43-30-18-23(17-27(35)32(30)44-20-31(41)38-28-12-8-7-9-22(28)2)19-36-40-33(42)25-15-13-24(14-16-25)29-21-45-34(39-29)37-26-10-5-4-6-11-26/h4-19,21H,3,20H2,1-2H3,(H,37,39)(H,38,41)(H,40,42)/b36-19+. The monoisotopic (exact) mass is 683 g/mol. The van der Waals surface area contributed by atoms with E-state index in [4.69, 9.17) is 9.47 Å². The third kappa shape index (κ3) is 8.55. The first-order chi connectivity index (χ1) is 21.9. The van der Waals surface area contributed by atoms with Gasteiger partial charge in [-0.2, -0.15) is 5.10 Å². The number of para-hydroxylation sites is 2. The normalized spacial score (nSPS) is 10.8. The van der Waals surface area contributed by atoms with Gasteiger partial charge in [0.2, 0.25) is 0 Å². The number of hydrazone groups is 1. The minimum atomic E-state index is -0.355. The van der Waals surface area contributed by atoms with Crippen molar-refractivity contribution in [2.45, 2.75) is 13.8 Å². The molecule has 2 amide bonds. The minimum Gasteiger partial charge on any atom is -0.490 e. The molecule has 0 bridgehead atoms. The van der Waals surface area contributed by atoms with E-state index in [1.165, 1.54) is 17.6 Å². The van der Waals surface area contributed by atoms with Crippen molar-refractivity contribution in [3.8, 4) is 22.8 Å². The highest BCUT2D eigenvalue weighted by molar-refractivity contribution is 9.10. The summed E-state index contributed by atoms with van der Waals surface area (Å²) in [5.74, 6) is 0.173. The molecule has 4 aromatic carbocycles. The number of amides is 2. The predicted molar refractivity (Wildman–Crippen MR) is 183 cm³/mol. The smallest absolute Gasteiger partial charge is 0.271 e. The minimum absolute atomic E-state index is 0.205. The lowest BCUT2D eigenvalue weighted by molar-refractivity contribution is -0.118. The van der Waals surface area contributed by atoms with Gasteiger partial charge in [0, 0.05) is 27.9 Å². The first-order valence-corrected chi connectivity index (χ1v) is 15.7. The summed E-state index contributed by atoms with van der Waals surface area (Å²) in [4.78, 5) is 29.9. The van der Waals surface area contributed by atoms with E-state index < -0.39 is 0 Å². The summed E-state index contributed by atoms with van der Waals surface area (Å²) in [6, 6.07) is 28.0. The van der Waals surface area contributed by atoms with E-state index >= 15 is 0 Å². The highest BCUT2D eigenvalue weighted by atomic mass is 79.9. The fraction of sp³-hybridized carbons (Fsp3) is 0.118. The Labute approximate surface area is 273 Å². The van der Waals surface area contributed by atoms with Gasteiger partial charge in [-0.25, -0.2) is 10.4 Å². The number of nitrogens with one attached hydrogen (secondary N) is 3. The van der Waals surface area contributed by atoms with Crippen LogP contribution in [0.3, 0.4) is 0 Å². The lowest BCUT2D eigenvalue weighted by atomic mass is 10.1. The second-order valence-corrected chi connectivity index (χ2v) is 11.4. The third-order valence-electron chi connectivity index (χ3n) is 6.45. The molecule has 0 unspecified atom stereocenters. The number of carbonyl (C=O) groups excluding carboxylic acids is 2. The van der Waals surface area contributed by atoms with E-state index in [1.807, 2.05) is 86.0 Å². The van der Waals surface area contributed by atoms with Crippen molar-refractivity contribution >= 4 is 61.8 Å². The summed E-state index contributed by atoms with van der Waals surface area (Å²) >= 11 is 5.01. The van der Waals surface area contributed by atoms with Crippen LogP contribution in [0.4, 0.5) is 16.5 Å². The molecule has 0 fully saturated rings. The number of thiazole rings is 1. The topological polar surface area (TPSA) is 114 Å². The third-order valence-corrected chi connectivity index (χ3v) is 7.80. The highest BCUT2D eigenvalue weighted by Crippen LogP contribution is 2.36. The van der Waals surface area contributed by atoms with Gasteiger partial charge in [-0.05, 0) is 83.4 Å². The number of benzene rings is 4. The van der Waals surface area contributed by atoms with Crippen LogP contribution in [0.1, 0.15) is 28.4 Å².